The Bertz CT molecular complexity index is 793. The number of carbonyl (C=O) groups excluding carboxylic acids is 1. The third kappa shape index (κ3) is 4.30. The standard InChI is InChI=1S/C21H21NO4/c23-19(24)21(12-13-21)18-10-8-16(9-11-18)7-4-14-22-20(25)26-15-17-5-2-1-3-6-17/h1-11H,12-15H2,(H,22,25)(H,23,24). The number of carboxylic acid groups (broad SMARTS) is 1. The van der Waals surface area contributed by atoms with Crippen LogP contribution in [0.2, 0.25) is 0 Å². The van der Waals surface area contributed by atoms with Gasteiger partial charge in [-0.15, -0.1) is 0 Å². The summed E-state index contributed by atoms with van der Waals surface area (Å²) in [6.45, 7) is 0.595. The first-order valence-corrected chi connectivity index (χ1v) is 8.55. The Labute approximate surface area is 152 Å². The highest BCUT2D eigenvalue weighted by atomic mass is 16.5. The summed E-state index contributed by atoms with van der Waals surface area (Å²) in [5.74, 6) is -0.751. The second-order valence-electron chi connectivity index (χ2n) is 6.35. The second-order valence-corrected chi connectivity index (χ2v) is 6.35. The summed E-state index contributed by atoms with van der Waals surface area (Å²) in [5, 5.41) is 12.0. The summed E-state index contributed by atoms with van der Waals surface area (Å²) in [6.07, 6.45) is 4.63. The van der Waals surface area contributed by atoms with Crippen molar-refractivity contribution in [3.05, 3.63) is 77.4 Å². The zero-order valence-electron chi connectivity index (χ0n) is 14.4. The van der Waals surface area contributed by atoms with Gasteiger partial charge in [-0.1, -0.05) is 66.7 Å². The minimum Gasteiger partial charge on any atom is -0.481 e. The molecule has 3 rings (SSSR count). The molecule has 0 aliphatic heterocycles. The van der Waals surface area contributed by atoms with E-state index in [0.717, 1.165) is 16.7 Å². The van der Waals surface area contributed by atoms with Crippen LogP contribution >= 0.6 is 0 Å². The van der Waals surface area contributed by atoms with Gasteiger partial charge in [0.05, 0.1) is 5.41 Å². The average Bonchev–Trinajstić information content (AvgIpc) is 3.47. The van der Waals surface area contributed by atoms with Crippen LogP contribution in [0.5, 0.6) is 0 Å². The highest BCUT2D eigenvalue weighted by molar-refractivity contribution is 5.85. The van der Waals surface area contributed by atoms with Gasteiger partial charge in [0.1, 0.15) is 6.61 Å². The van der Waals surface area contributed by atoms with Gasteiger partial charge in [0, 0.05) is 6.54 Å². The number of aliphatic carboxylic acids is 1. The Kier molecular flexibility index (Phi) is 5.37. The van der Waals surface area contributed by atoms with Gasteiger partial charge in [0.15, 0.2) is 0 Å². The molecule has 0 atom stereocenters. The minimum absolute atomic E-state index is 0.239. The Morgan fingerprint density at radius 3 is 2.38 bits per heavy atom. The molecule has 5 nitrogen and oxygen atoms in total. The lowest BCUT2D eigenvalue weighted by atomic mass is 9.95. The number of benzene rings is 2. The Morgan fingerprint density at radius 1 is 1.08 bits per heavy atom. The van der Waals surface area contributed by atoms with Gasteiger partial charge in [-0.05, 0) is 29.5 Å². The van der Waals surface area contributed by atoms with E-state index < -0.39 is 17.5 Å². The minimum atomic E-state index is -0.751. The first-order chi connectivity index (χ1) is 12.6. The summed E-state index contributed by atoms with van der Waals surface area (Å²) in [4.78, 5) is 23.0. The summed E-state index contributed by atoms with van der Waals surface area (Å²) >= 11 is 0. The molecule has 0 bridgehead atoms. The molecule has 1 fully saturated rings. The summed E-state index contributed by atoms with van der Waals surface area (Å²) in [5.41, 5.74) is 2.07. The molecule has 0 unspecified atom stereocenters. The van der Waals surface area contributed by atoms with Gasteiger partial charge in [0.2, 0.25) is 0 Å². The average molecular weight is 351 g/mol. The number of carboxylic acids is 1. The Hall–Kier alpha value is -3.08. The lowest BCUT2D eigenvalue weighted by molar-refractivity contribution is -0.140. The van der Waals surface area contributed by atoms with Crippen LogP contribution in [0.1, 0.15) is 29.5 Å². The first kappa shape index (κ1) is 17.7. The number of hydrogen-bond acceptors (Lipinski definition) is 3. The predicted molar refractivity (Wildman–Crippen MR) is 98.7 cm³/mol. The molecule has 1 aliphatic carbocycles. The predicted octanol–water partition coefficient (Wildman–Crippen LogP) is 3.74. The van der Waals surface area contributed by atoms with E-state index in [4.69, 9.17) is 4.74 Å². The maximum absolute atomic E-state index is 11.6. The second kappa shape index (κ2) is 7.87. The van der Waals surface area contributed by atoms with Crippen LogP contribution in [0, 0.1) is 0 Å². The molecule has 0 heterocycles. The fourth-order valence-electron chi connectivity index (χ4n) is 2.78. The number of carbonyl (C=O) groups is 2. The number of nitrogens with one attached hydrogen (secondary N) is 1. The maximum Gasteiger partial charge on any atom is 0.407 e. The van der Waals surface area contributed by atoms with Crippen LogP contribution in [0.3, 0.4) is 0 Å². The van der Waals surface area contributed by atoms with Crippen molar-refractivity contribution in [2.75, 3.05) is 6.54 Å². The van der Waals surface area contributed by atoms with Gasteiger partial charge in [-0.2, -0.15) is 0 Å². The van der Waals surface area contributed by atoms with Crippen LogP contribution in [-0.2, 0) is 21.6 Å². The van der Waals surface area contributed by atoms with Crippen LogP contribution in [0.25, 0.3) is 6.08 Å². The number of rotatable bonds is 7. The van der Waals surface area contributed by atoms with Crippen molar-refractivity contribution >= 4 is 18.1 Å². The molecule has 0 saturated heterocycles. The van der Waals surface area contributed by atoms with Crippen molar-refractivity contribution in [2.24, 2.45) is 0 Å². The zero-order chi connectivity index (χ0) is 18.4. The van der Waals surface area contributed by atoms with Gasteiger partial charge in [-0.25, -0.2) is 4.79 Å². The SMILES string of the molecule is O=C(NCC=Cc1ccc(C2(C(=O)O)CC2)cc1)OCc1ccccc1. The summed E-state index contributed by atoms with van der Waals surface area (Å²) in [6, 6.07) is 17.0. The lowest BCUT2D eigenvalue weighted by Crippen LogP contribution is -2.24. The van der Waals surface area contributed by atoms with Crippen molar-refractivity contribution in [3.8, 4) is 0 Å². The van der Waals surface area contributed by atoms with Crippen molar-refractivity contribution in [1.29, 1.82) is 0 Å². The van der Waals surface area contributed by atoms with Crippen molar-refractivity contribution in [3.63, 3.8) is 0 Å². The molecule has 0 aromatic heterocycles. The molecule has 26 heavy (non-hydrogen) atoms. The van der Waals surface area contributed by atoms with Crippen LogP contribution in [-0.4, -0.2) is 23.7 Å². The number of hydrogen-bond donors (Lipinski definition) is 2. The highest BCUT2D eigenvalue weighted by Gasteiger charge is 2.51. The Morgan fingerprint density at radius 2 is 1.77 bits per heavy atom. The molecular weight excluding hydrogens is 330 g/mol. The maximum atomic E-state index is 11.6. The highest BCUT2D eigenvalue weighted by Crippen LogP contribution is 2.48. The van der Waals surface area contributed by atoms with Gasteiger partial charge < -0.3 is 15.2 Å². The molecule has 2 aromatic rings. The third-order valence-electron chi connectivity index (χ3n) is 4.51. The summed E-state index contributed by atoms with van der Waals surface area (Å²) in [7, 11) is 0. The van der Waals surface area contributed by atoms with E-state index >= 15 is 0 Å². The van der Waals surface area contributed by atoms with Gasteiger partial charge >= 0.3 is 12.1 Å². The smallest absolute Gasteiger partial charge is 0.407 e. The number of alkyl carbamates (subject to hydrolysis) is 1. The monoisotopic (exact) mass is 351 g/mol. The fourth-order valence-corrected chi connectivity index (χ4v) is 2.78. The van der Waals surface area contributed by atoms with Crippen molar-refractivity contribution < 1.29 is 19.4 Å². The van der Waals surface area contributed by atoms with Crippen LogP contribution < -0.4 is 5.32 Å². The molecular formula is C21H21NO4. The van der Waals surface area contributed by atoms with E-state index in [2.05, 4.69) is 5.32 Å². The molecule has 1 amide bonds. The van der Waals surface area contributed by atoms with Gasteiger partial charge in [0.25, 0.3) is 0 Å². The molecule has 2 aromatic carbocycles. The number of amides is 1. The number of ether oxygens (including phenoxy) is 1. The summed E-state index contributed by atoms with van der Waals surface area (Å²) < 4.78 is 5.12. The third-order valence-corrected chi connectivity index (χ3v) is 4.51. The molecule has 134 valence electrons. The molecule has 1 aliphatic rings. The topological polar surface area (TPSA) is 75.6 Å². The fraction of sp³-hybridized carbons (Fsp3) is 0.238. The van der Waals surface area contributed by atoms with E-state index in [1.54, 1.807) is 0 Å². The largest absolute Gasteiger partial charge is 0.481 e. The van der Waals surface area contributed by atoms with Gasteiger partial charge in [-0.3, -0.25) is 4.79 Å². The molecule has 2 N–H and O–H groups in total. The zero-order valence-corrected chi connectivity index (χ0v) is 14.4. The van der Waals surface area contributed by atoms with Crippen molar-refractivity contribution in [2.45, 2.75) is 24.9 Å². The van der Waals surface area contributed by atoms with E-state index in [-0.39, 0.29) is 6.61 Å². The quantitative estimate of drug-likeness (QED) is 0.797. The molecule has 1 saturated carbocycles. The van der Waals surface area contributed by atoms with Crippen molar-refractivity contribution in [1.82, 2.24) is 5.32 Å². The molecule has 0 spiro atoms. The lowest BCUT2D eigenvalue weighted by Gasteiger charge is -2.09. The normalized spacial score (nSPS) is 14.8. The van der Waals surface area contributed by atoms with E-state index in [1.807, 2.05) is 66.7 Å². The first-order valence-electron chi connectivity index (χ1n) is 8.55. The van der Waals surface area contributed by atoms with Crippen LogP contribution in [0.4, 0.5) is 4.79 Å². The molecule has 0 radical (unpaired) electrons. The molecule has 5 heteroatoms. The van der Waals surface area contributed by atoms with E-state index in [9.17, 15) is 14.7 Å². The van der Waals surface area contributed by atoms with E-state index in [0.29, 0.717) is 19.4 Å². The Balaban J connectivity index is 1.42. The van der Waals surface area contributed by atoms with E-state index in [1.165, 1.54) is 0 Å². The van der Waals surface area contributed by atoms with Crippen LogP contribution in [0.15, 0.2) is 60.7 Å².